The first-order chi connectivity index (χ1) is 18.4. The highest BCUT2D eigenvalue weighted by Crippen LogP contribution is 2.25. The number of ether oxygens (including phenoxy) is 2. The molecule has 194 valence electrons. The Hall–Kier alpha value is -4.52. The van der Waals surface area contributed by atoms with Crippen LogP contribution in [-0.2, 0) is 4.79 Å². The number of hydrogen-bond donors (Lipinski definition) is 0. The van der Waals surface area contributed by atoms with E-state index in [1.807, 2.05) is 31.2 Å². The van der Waals surface area contributed by atoms with E-state index in [1.165, 1.54) is 11.1 Å². The van der Waals surface area contributed by atoms with Gasteiger partial charge in [0.2, 0.25) is 0 Å². The van der Waals surface area contributed by atoms with Gasteiger partial charge in [0.1, 0.15) is 11.5 Å². The predicted molar refractivity (Wildman–Crippen MR) is 147 cm³/mol. The van der Waals surface area contributed by atoms with Gasteiger partial charge in [-0.05, 0) is 87.0 Å². The van der Waals surface area contributed by atoms with Gasteiger partial charge in [-0.1, -0.05) is 37.1 Å². The maximum atomic E-state index is 12.9. The van der Waals surface area contributed by atoms with E-state index in [9.17, 15) is 14.4 Å². The summed E-state index contributed by atoms with van der Waals surface area (Å²) in [6.45, 7) is 6.47. The fourth-order valence-corrected chi connectivity index (χ4v) is 3.83. The van der Waals surface area contributed by atoms with Crippen molar-refractivity contribution in [1.29, 1.82) is 0 Å². The third kappa shape index (κ3) is 6.42. The van der Waals surface area contributed by atoms with E-state index < -0.39 is 11.9 Å². The van der Waals surface area contributed by atoms with Crippen molar-refractivity contribution in [2.75, 3.05) is 11.6 Å². The Bertz CT molecular complexity index is 1360. The first kappa shape index (κ1) is 26.5. The summed E-state index contributed by atoms with van der Waals surface area (Å²) < 4.78 is 11.0. The molecule has 3 aromatic rings. The van der Waals surface area contributed by atoms with Crippen LogP contribution in [0, 0.1) is 12.8 Å². The average Bonchev–Trinajstić information content (AvgIpc) is 3.21. The van der Waals surface area contributed by atoms with Gasteiger partial charge in [0.15, 0.2) is 5.78 Å². The SMILES string of the molecule is CCCCOc1ccc(C(=O)Oc2ccc(C(=O)/C=C/C3C(=O)N(c4ccc(C)cc4)N=C3C)cc2)cc1. The van der Waals surface area contributed by atoms with Gasteiger partial charge in [-0.2, -0.15) is 10.1 Å². The zero-order chi connectivity index (χ0) is 27.1. The van der Waals surface area contributed by atoms with E-state index in [1.54, 1.807) is 61.5 Å². The first-order valence-corrected chi connectivity index (χ1v) is 12.6. The van der Waals surface area contributed by atoms with Gasteiger partial charge in [-0.15, -0.1) is 0 Å². The molecule has 0 radical (unpaired) electrons. The van der Waals surface area contributed by atoms with Gasteiger partial charge < -0.3 is 9.47 Å². The van der Waals surface area contributed by atoms with Crippen molar-refractivity contribution in [1.82, 2.24) is 0 Å². The number of benzene rings is 3. The van der Waals surface area contributed by atoms with Crippen LogP contribution in [0.5, 0.6) is 11.5 Å². The lowest BCUT2D eigenvalue weighted by Gasteiger charge is -2.13. The van der Waals surface area contributed by atoms with E-state index in [0.717, 1.165) is 18.4 Å². The van der Waals surface area contributed by atoms with Crippen LogP contribution in [0.3, 0.4) is 0 Å². The summed E-state index contributed by atoms with van der Waals surface area (Å²) in [7, 11) is 0. The molecule has 1 amide bonds. The fourth-order valence-electron chi connectivity index (χ4n) is 3.83. The molecule has 4 rings (SSSR count). The molecule has 38 heavy (non-hydrogen) atoms. The number of hydrogen-bond acceptors (Lipinski definition) is 6. The molecular formula is C31H30N2O5. The van der Waals surface area contributed by atoms with E-state index in [2.05, 4.69) is 12.0 Å². The van der Waals surface area contributed by atoms with Gasteiger partial charge in [0.25, 0.3) is 5.91 Å². The number of ketones is 1. The monoisotopic (exact) mass is 510 g/mol. The molecule has 0 aromatic heterocycles. The zero-order valence-electron chi connectivity index (χ0n) is 21.7. The lowest BCUT2D eigenvalue weighted by molar-refractivity contribution is -0.118. The highest BCUT2D eigenvalue weighted by atomic mass is 16.5. The van der Waals surface area contributed by atoms with Crippen molar-refractivity contribution in [2.45, 2.75) is 33.6 Å². The Morgan fingerprint density at radius 3 is 2.18 bits per heavy atom. The van der Waals surface area contributed by atoms with Crippen LogP contribution in [0.15, 0.2) is 90.0 Å². The minimum atomic E-state index is -0.607. The van der Waals surface area contributed by atoms with Gasteiger partial charge in [-0.25, -0.2) is 4.79 Å². The molecule has 7 nitrogen and oxygen atoms in total. The molecule has 0 N–H and O–H groups in total. The fraction of sp³-hybridized carbons (Fsp3) is 0.226. The summed E-state index contributed by atoms with van der Waals surface area (Å²) in [4.78, 5) is 38.1. The van der Waals surface area contributed by atoms with Crippen molar-refractivity contribution in [3.63, 3.8) is 0 Å². The van der Waals surface area contributed by atoms with Crippen LogP contribution in [0.25, 0.3) is 0 Å². The summed E-state index contributed by atoms with van der Waals surface area (Å²) in [6, 6.07) is 20.6. The van der Waals surface area contributed by atoms with Crippen LogP contribution in [-0.4, -0.2) is 30.0 Å². The van der Waals surface area contributed by atoms with Gasteiger partial charge in [-0.3, -0.25) is 9.59 Å². The second kappa shape index (κ2) is 12.1. The van der Waals surface area contributed by atoms with Gasteiger partial charge in [0.05, 0.1) is 29.5 Å². The molecule has 1 unspecified atom stereocenters. The topological polar surface area (TPSA) is 85.3 Å². The summed E-state index contributed by atoms with van der Waals surface area (Å²) >= 11 is 0. The van der Waals surface area contributed by atoms with Crippen molar-refractivity contribution < 1.29 is 23.9 Å². The molecular weight excluding hydrogens is 480 g/mol. The largest absolute Gasteiger partial charge is 0.494 e. The van der Waals surface area contributed by atoms with Crippen LogP contribution in [0.1, 0.15) is 53.0 Å². The van der Waals surface area contributed by atoms with Gasteiger partial charge in [0, 0.05) is 5.56 Å². The Kier molecular flexibility index (Phi) is 8.48. The number of rotatable bonds is 10. The predicted octanol–water partition coefficient (Wildman–Crippen LogP) is 6.17. The number of aryl methyl sites for hydroxylation is 1. The minimum absolute atomic E-state index is 0.210. The summed E-state index contributed by atoms with van der Waals surface area (Å²) in [5.74, 6) is -0.564. The lowest BCUT2D eigenvalue weighted by atomic mass is 10.0. The van der Waals surface area contributed by atoms with Gasteiger partial charge >= 0.3 is 5.97 Å². The number of amides is 1. The van der Waals surface area contributed by atoms with Crippen molar-refractivity contribution in [3.8, 4) is 11.5 Å². The standard InChI is InChI=1S/C31H30N2O5/c1-4-5-20-37-26-14-10-24(11-15-26)31(36)38-27-16-8-23(9-17-27)29(34)19-18-28-22(3)32-33(30(28)35)25-12-6-21(2)7-13-25/h6-19,28H,4-5,20H2,1-3H3/b19-18+. The number of anilines is 1. The quantitative estimate of drug-likeness (QED) is 0.107. The van der Waals surface area contributed by atoms with E-state index >= 15 is 0 Å². The summed E-state index contributed by atoms with van der Waals surface area (Å²) in [6.07, 6.45) is 4.97. The Balaban J connectivity index is 1.33. The van der Waals surface area contributed by atoms with E-state index in [4.69, 9.17) is 9.47 Å². The number of carbonyl (C=O) groups excluding carboxylic acids is 3. The number of nitrogens with zero attached hydrogens (tertiary/aromatic N) is 2. The lowest BCUT2D eigenvalue weighted by Crippen LogP contribution is -2.26. The number of esters is 1. The third-order valence-corrected chi connectivity index (χ3v) is 6.11. The third-order valence-electron chi connectivity index (χ3n) is 6.11. The highest BCUT2D eigenvalue weighted by Gasteiger charge is 2.32. The summed E-state index contributed by atoms with van der Waals surface area (Å²) in [5.41, 5.74) is 3.19. The van der Waals surface area contributed by atoms with Crippen LogP contribution >= 0.6 is 0 Å². The molecule has 0 bridgehead atoms. The van der Waals surface area contributed by atoms with Crippen LogP contribution < -0.4 is 14.5 Å². The number of carbonyl (C=O) groups is 3. The summed E-state index contributed by atoms with van der Waals surface area (Å²) in [5, 5.41) is 5.73. The Morgan fingerprint density at radius 2 is 1.53 bits per heavy atom. The zero-order valence-corrected chi connectivity index (χ0v) is 21.7. The van der Waals surface area contributed by atoms with Crippen molar-refractivity contribution in [2.24, 2.45) is 11.0 Å². The molecule has 0 spiro atoms. The molecule has 1 aliphatic heterocycles. The van der Waals surface area contributed by atoms with Crippen molar-refractivity contribution in [3.05, 3.63) is 102 Å². The number of unbranched alkanes of at least 4 members (excludes halogenated alkanes) is 1. The smallest absolute Gasteiger partial charge is 0.343 e. The normalized spacial score (nSPS) is 15.0. The van der Waals surface area contributed by atoms with E-state index in [-0.39, 0.29) is 11.7 Å². The molecule has 0 aliphatic carbocycles. The highest BCUT2D eigenvalue weighted by molar-refractivity contribution is 6.17. The second-order valence-electron chi connectivity index (χ2n) is 9.07. The Labute approximate surface area is 222 Å². The number of allylic oxidation sites excluding steroid dienone is 1. The van der Waals surface area contributed by atoms with Crippen LogP contribution in [0.4, 0.5) is 5.69 Å². The number of hydrazone groups is 1. The maximum absolute atomic E-state index is 12.9. The molecule has 3 aromatic carbocycles. The minimum Gasteiger partial charge on any atom is -0.494 e. The first-order valence-electron chi connectivity index (χ1n) is 12.6. The molecule has 0 saturated heterocycles. The maximum Gasteiger partial charge on any atom is 0.343 e. The van der Waals surface area contributed by atoms with Crippen molar-refractivity contribution >= 4 is 29.1 Å². The molecule has 1 aliphatic rings. The molecule has 0 saturated carbocycles. The Morgan fingerprint density at radius 1 is 0.895 bits per heavy atom. The molecule has 1 heterocycles. The molecule has 0 fully saturated rings. The average molecular weight is 511 g/mol. The van der Waals surface area contributed by atoms with E-state index in [0.29, 0.717) is 40.6 Å². The molecule has 1 atom stereocenters. The molecule has 7 heteroatoms. The second-order valence-corrected chi connectivity index (χ2v) is 9.07. The van der Waals surface area contributed by atoms with Crippen LogP contribution in [0.2, 0.25) is 0 Å².